The van der Waals surface area contributed by atoms with Gasteiger partial charge in [0.25, 0.3) is 0 Å². The first-order valence-electron chi connectivity index (χ1n) is 6.58. The number of nitriles is 1. The molecule has 1 aromatic rings. The van der Waals surface area contributed by atoms with Crippen LogP contribution >= 0.6 is 0 Å². The first kappa shape index (κ1) is 16.7. The lowest BCUT2D eigenvalue weighted by molar-refractivity contribution is -0.141. The molecule has 0 amide bonds. The molecule has 6 nitrogen and oxygen atoms in total. The molecule has 1 rings (SSSR count). The van der Waals surface area contributed by atoms with Crippen molar-refractivity contribution in [2.24, 2.45) is 5.92 Å². The van der Waals surface area contributed by atoms with Gasteiger partial charge in [-0.15, -0.1) is 0 Å². The molecule has 0 radical (unpaired) electrons. The summed E-state index contributed by atoms with van der Waals surface area (Å²) in [5, 5.41) is 26.6. The Labute approximate surface area is 123 Å². The summed E-state index contributed by atoms with van der Waals surface area (Å²) in [5.74, 6) is -2.42. The molecule has 0 bridgehead atoms. The third kappa shape index (κ3) is 6.06. The molecule has 0 aromatic heterocycles. The van der Waals surface area contributed by atoms with Crippen molar-refractivity contribution in [2.45, 2.75) is 19.9 Å². The molecule has 0 aliphatic rings. The SMILES string of the molecule is CC(CN(CCC(=O)O)Cc1cccc(C#N)c1)C(=O)O. The second kappa shape index (κ2) is 8.02. The first-order valence-corrected chi connectivity index (χ1v) is 6.58. The number of benzene rings is 1. The molecule has 0 spiro atoms. The molecular formula is C15H18N2O4. The van der Waals surface area contributed by atoms with Crippen molar-refractivity contribution in [3.05, 3.63) is 35.4 Å². The van der Waals surface area contributed by atoms with Crippen LogP contribution in [0.5, 0.6) is 0 Å². The van der Waals surface area contributed by atoms with Gasteiger partial charge < -0.3 is 10.2 Å². The van der Waals surface area contributed by atoms with E-state index in [1.54, 1.807) is 30.0 Å². The number of hydrogen-bond acceptors (Lipinski definition) is 4. The van der Waals surface area contributed by atoms with Gasteiger partial charge in [0.15, 0.2) is 0 Å². The van der Waals surface area contributed by atoms with E-state index in [0.717, 1.165) is 5.56 Å². The van der Waals surface area contributed by atoms with Gasteiger partial charge in [0.1, 0.15) is 0 Å². The van der Waals surface area contributed by atoms with E-state index in [0.29, 0.717) is 12.1 Å². The monoisotopic (exact) mass is 290 g/mol. The fraction of sp³-hybridized carbons (Fsp3) is 0.400. The van der Waals surface area contributed by atoms with Crippen LogP contribution in [0.3, 0.4) is 0 Å². The Hall–Kier alpha value is -2.39. The highest BCUT2D eigenvalue weighted by molar-refractivity contribution is 5.69. The Bertz CT molecular complexity index is 551. The lowest BCUT2D eigenvalue weighted by atomic mass is 10.1. The Morgan fingerprint density at radius 1 is 1.38 bits per heavy atom. The van der Waals surface area contributed by atoms with Crippen molar-refractivity contribution >= 4 is 11.9 Å². The van der Waals surface area contributed by atoms with Crippen LogP contribution in [0.2, 0.25) is 0 Å². The summed E-state index contributed by atoms with van der Waals surface area (Å²) < 4.78 is 0. The van der Waals surface area contributed by atoms with Gasteiger partial charge in [-0.2, -0.15) is 5.26 Å². The smallest absolute Gasteiger partial charge is 0.307 e. The summed E-state index contributed by atoms with van der Waals surface area (Å²) in [6.07, 6.45) is -0.0513. The highest BCUT2D eigenvalue weighted by Crippen LogP contribution is 2.10. The number of hydrogen-bond donors (Lipinski definition) is 2. The van der Waals surface area contributed by atoms with Crippen LogP contribution in [0.1, 0.15) is 24.5 Å². The van der Waals surface area contributed by atoms with Crippen LogP contribution in [-0.4, -0.2) is 40.1 Å². The summed E-state index contributed by atoms with van der Waals surface area (Å²) in [4.78, 5) is 23.4. The van der Waals surface area contributed by atoms with Gasteiger partial charge in [-0.1, -0.05) is 19.1 Å². The van der Waals surface area contributed by atoms with Crippen LogP contribution in [0.15, 0.2) is 24.3 Å². The molecule has 1 unspecified atom stereocenters. The van der Waals surface area contributed by atoms with Gasteiger partial charge in [-0.25, -0.2) is 0 Å². The zero-order valence-corrected chi connectivity index (χ0v) is 11.8. The van der Waals surface area contributed by atoms with Crippen molar-refractivity contribution in [3.63, 3.8) is 0 Å². The summed E-state index contributed by atoms with van der Waals surface area (Å²) in [7, 11) is 0. The number of carboxylic acid groups (broad SMARTS) is 2. The van der Waals surface area contributed by atoms with Crippen molar-refractivity contribution in [1.29, 1.82) is 5.26 Å². The predicted molar refractivity (Wildman–Crippen MR) is 75.5 cm³/mol. The van der Waals surface area contributed by atoms with Gasteiger partial charge >= 0.3 is 11.9 Å². The van der Waals surface area contributed by atoms with Gasteiger partial charge in [-0.05, 0) is 17.7 Å². The minimum Gasteiger partial charge on any atom is -0.481 e. The molecule has 6 heteroatoms. The summed E-state index contributed by atoms with van der Waals surface area (Å²) >= 11 is 0. The summed E-state index contributed by atoms with van der Waals surface area (Å²) in [6, 6.07) is 9.04. The average molecular weight is 290 g/mol. The molecule has 0 saturated carbocycles. The van der Waals surface area contributed by atoms with E-state index >= 15 is 0 Å². The summed E-state index contributed by atoms with van der Waals surface area (Å²) in [6.45, 7) is 2.53. The van der Waals surface area contributed by atoms with E-state index in [9.17, 15) is 9.59 Å². The molecule has 0 saturated heterocycles. The predicted octanol–water partition coefficient (Wildman–Crippen LogP) is 1.56. The minimum absolute atomic E-state index is 0.0513. The number of aliphatic carboxylic acids is 2. The molecule has 21 heavy (non-hydrogen) atoms. The fourth-order valence-corrected chi connectivity index (χ4v) is 1.95. The molecule has 2 N–H and O–H groups in total. The van der Waals surface area contributed by atoms with Crippen molar-refractivity contribution < 1.29 is 19.8 Å². The van der Waals surface area contributed by atoms with Gasteiger partial charge in [0.05, 0.1) is 24.0 Å². The van der Waals surface area contributed by atoms with Crippen LogP contribution in [0.25, 0.3) is 0 Å². The maximum Gasteiger partial charge on any atom is 0.307 e. The van der Waals surface area contributed by atoms with Crippen LogP contribution < -0.4 is 0 Å². The molecule has 0 aliphatic carbocycles. The second-order valence-corrected chi connectivity index (χ2v) is 4.93. The quantitative estimate of drug-likeness (QED) is 0.753. The second-order valence-electron chi connectivity index (χ2n) is 4.93. The third-order valence-electron chi connectivity index (χ3n) is 3.06. The maximum atomic E-state index is 10.9. The van der Waals surface area contributed by atoms with Crippen molar-refractivity contribution in [1.82, 2.24) is 4.90 Å². The van der Waals surface area contributed by atoms with Gasteiger partial charge in [-0.3, -0.25) is 14.5 Å². The average Bonchev–Trinajstić information content (AvgIpc) is 2.44. The zero-order chi connectivity index (χ0) is 15.8. The Morgan fingerprint density at radius 3 is 2.67 bits per heavy atom. The molecule has 112 valence electrons. The lowest BCUT2D eigenvalue weighted by Gasteiger charge is -2.23. The fourth-order valence-electron chi connectivity index (χ4n) is 1.95. The topological polar surface area (TPSA) is 102 Å². The highest BCUT2D eigenvalue weighted by Gasteiger charge is 2.17. The largest absolute Gasteiger partial charge is 0.481 e. The molecule has 1 aromatic carbocycles. The molecule has 0 fully saturated rings. The Kier molecular flexibility index (Phi) is 6.37. The molecule has 0 heterocycles. The van der Waals surface area contributed by atoms with Gasteiger partial charge in [0, 0.05) is 19.6 Å². The first-order chi connectivity index (χ1) is 9.92. The van der Waals surface area contributed by atoms with Gasteiger partial charge in [0.2, 0.25) is 0 Å². The third-order valence-corrected chi connectivity index (χ3v) is 3.06. The van der Waals surface area contributed by atoms with Crippen LogP contribution in [0.4, 0.5) is 0 Å². The number of nitrogens with zero attached hydrogens (tertiary/aromatic N) is 2. The standard InChI is InChI=1S/C15H18N2O4/c1-11(15(20)21)9-17(6-5-14(18)19)10-13-4-2-3-12(7-13)8-16/h2-4,7,11H,5-6,9-10H2,1H3,(H,18,19)(H,20,21). The van der Waals surface area contributed by atoms with E-state index in [1.807, 2.05) is 12.1 Å². The van der Waals surface area contributed by atoms with E-state index < -0.39 is 17.9 Å². The maximum absolute atomic E-state index is 10.9. The zero-order valence-electron chi connectivity index (χ0n) is 11.8. The molecule has 0 aliphatic heterocycles. The molecule has 1 atom stereocenters. The number of carboxylic acids is 2. The Morgan fingerprint density at radius 2 is 2.10 bits per heavy atom. The summed E-state index contributed by atoms with van der Waals surface area (Å²) in [5.41, 5.74) is 1.38. The Balaban J connectivity index is 2.77. The van der Waals surface area contributed by atoms with E-state index in [4.69, 9.17) is 15.5 Å². The number of rotatable bonds is 8. The number of carbonyl (C=O) groups is 2. The van der Waals surface area contributed by atoms with Crippen molar-refractivity contribution in [2.75, 3.05) is 13.1 Å². The highest BCUT2D eigenvalue weighted by atomic mass is 16.4. The lowest BCUT2D eigenvalue weighted by Crippen LogP contribution is -2.33. The van der Waals surface area contributed by atoms with E-state index in [2.05, 4.69) is 0 Å². The van der Waals surface area contributed by atoms with Crippen LogP contribution in [0, 0.1) is 17.2 Å². The minimum atomic E-state index is -0.922. The van der Waals surface area contributed by atoms with E-state index in [1.165, 1.54) is 0 Å². The van der Waals surface area contributed by atoms with Crippen LogP contribution in [-0.2, 0) is 16.1 Å². The van der Waals surface area contributed by atoms with E-state index in [-0.39, 0.29) is 19.5 Å². The van der Waals surface area contributed by atoms with Crippen molar-refractivity contribution in [3.8, 4) is 6.07 Å². The normalized spacial score (nSPS) is 11.9. The molecular weight excluding hydrogens is 272 g/mol.